The summed E-state index contributed by atoms with van der Waals surface area (Å²) in [6.45, 7) is 7.47. The smallest absolute Gasteiger partial charge is 0.186 e. The van der Waals surface area contributed by atoms with Crippen LogP contribution in [0.1, 0.15) is 33.1 Å². The summed E-state index contributed by atoms with van der Waals surface area (Å²) in [6, 6.07) is 0. The fraction of sp³-hybridized carbons (Fsp3) is 0.583. The molecule has 0 fully saturated rings. The first-order valence-electron chi connectivity index (χ1n) is 5.09. The van der Waals surface area contributed by atoms with Gasteiger partial charge in [0.1, 0.15) is 6.10 Å². The van der Waals surface area contributed by atoms with Crippen LogP contribution in [0, 0.1) is 5.92 Å². The van der Waals surface area contributed by atoms with Crippen molar-refractivity contribution in [2.75, 3.05) is 0 Å². The second kappa shape index (κ2) is 4.56. The predicted octanol–water partition coefficient (Wildman–Crippen LogP) is 2.24. The van der Waals surface area contributed by atoms with E-state index in [0.717, 1.165) is 24.8 Å². The van der Waals surface area contributed by atoms with Gasteiger partial charge in [-0.15, -0.1) is 0 Å². The molecule has 0 bridgehead atoms. The van der Waals surface area contributed by atoms with Crippen molar-refractivity contribution < 1.29 is 9.90 Å². The van der Waals surface area contributed by atoms with Crippen LogP contribution >= 0.6 is 0 Å². The summed E-state index contributed by atoms with van der Waals surface area (Å²) in [5.41, 5.74) is 1.97. The first-order valence-corrected chi connectivity index (χ1v) is 5.09. The number of allylic oxidation sites excluding steroid dienone is 2. The summed E-state index contributed by atoms with van der Waals surface area (Å²) in [4.78, 5) is 11.4. The molecule has 0 aromatic carbocycles. The first kappa shape index (κ1) is 11.2. The zero-order valence-corrected chi connectivity index (χ0v) is 8.92. The van der Waals surface area contributed by atoms with Gasteiger partial charge in [-0.05, 0) is 44.6 Å². The zero-order valence-electron chi connectivity index (χ0n) is 8.92. The Morgan fingerprint density at radius 3 is 2.71 bits per heavy atom. The maximum absolute atomic E-state index is 11.4. The standard InChI is InChI=1S/C12H18O2/c1-8(2)10-4-6-11(7-5-10)12(14)9(3)13/h6,9-10,13H,1,4-5,7H2,2-3H3/t9-,10+/m1/s1. The molecule has 1 N–H and O–H groups in total. The third-order valence-corrected chi connectivity index (χ3v) is 2.80. The highest BCUT2D eigenvalue weighted by atomic mass is 16.3. The monoisotopic (exact) mass is 194 g/mol. The van der Waals surface area contributed by atoms with Gasteiger partial charge in [0, 0.05) is 0 Å². The highest BCUT2D eigenvalue weighted by Crippen LogP contribution is 2.28. The van der Waals surface area contributed by atoms with Crippen LogP contribution in [0.15, 0.2) is 23.8 Å². The molecule has 0 radical (unpaired) electrons. The van der Waals surface area contributed by atoms with E-state index in [-0.39, 0.29) is 5.78 Å². The molecule has 0 heterocycles. The largest absolute Gasteiger partial charge is 0.385 e. The summed E-state index contributed by atoms with van der Waals surface area (Å²) < 4.78 is 0. The van der Waals surface area contributed by atoms with Crippen LogP contribution in [0.5, 0.6) is 0 Å². The van der Waals surface area contributed by atoms with Gasteiger partial charge in [0.15, 0.2) is 5.78 Å². The minimum absolute atomic E-state index is 0.120. The molecule has 0 spiro atoms. The van der Waals surface area contributed by atoms with E-state index in [0.29, 0.717) is 5.92 Å². The van der Waals surface area contributed by atoms with Crippen LogP contribution < -0.4 is 0 Å². The number of Topliss-reactive ketones (excluding diaryl/α,β-unsaturated/α-hetero) is 1. The third kappa shape index (κ3) is 2.55. The van der Waals surface area contributed by atoms with E-state index < -0.39 is 6.10 Å². The summed E-state index contributed by atoms with van der Waals surface area (Å²) in [7, 11) is 0. The fourth-order valence-corrected chi connectivity index (χ4v) is 1.77. The van der Waals surface area contributed by atoms with Gasteiger partial charge in [0.25, 0.3) is 0 Å². The zero-order chi connectivity index (χ0) is 10.7. The second-order valence-corrected chi connectivity index (χ2v) is 4.09. The molecule has 0 amide bonds. The van der Waals surface area contributed by atoms with Crippen LogP contribution in [-0.4, -0.2) is 17.0 Å². The Hall–Kier alpha value is -0.890. The normalized spacial score (nSPS) is 23.9. The number of aliphatic hydroxyl groups excluding tert-OH is 1. The molecule has 0 aliphatic heterocycles. The molecule has 2 heteroatoms. The molecular formula is C12H18O2. The van der Waals surface area contributed by atoms with E-state index in [2.05, 4.69) is 6.58 Å². The lowest BCUT2D eigenvalue weighted by atomic mass is 9.84. The van der Waals surface area contributed by atoms with E-state index in [1.807, 2.05) is 13.0 Å². The van der Waals surface area contributed by atoms with Gasteiger partial charge in [-0.3, -0.25) is 4.79 Å². The minimum atomic E-state index is -0.859. The quantitative estimate of drug-likeness (QED) is 0.699. The molecule has 1 aliphatic carbocycles. The van der Waals surface area contributed by atoms with Crippen LogP contribution in [0.4, 0.5) is 0 Å². The molecule has 0 saturated carbocycles. The van der Waals surface area contributed by atoms with Crippen molar-refractivity contribution >= 4 is 5.78 Å². The highest BCUT2D eigenvalue weighted by Gasteiger charge is 2.21. The van der Waals surface area contributed by atoms with Gasteiger partial charge in [-0.1, -0.05) is 18.2 Å². The van der Waals surface area contributed by atoms with Gasteiger partial charge >= 0.3 is 0 Å². The number of carbonyl (C=O) groups is 1. The van der Waals surface area contributed by atoms with Crippen molar-refractivity contribution in [3.8, 4) is 0 Å². The molecule has 0 aromatic heterocycles. The Morgan fingerprint density at radius 1 is 1.71 bits per heavy atom. The predicted molar refractivity (Wildman–Crippen MR) is 56.9 cm³/mol. The number of hydrogen-bond acceptors (Lipinski definition) is 2. The van der Waals surface area contributed by atoms with Crippen LogP contribution in [0.3, 0.4) is 0 Å². The molecule has 0 aromatic rings. The maximum Gasteiger partial charge on any atom is 0.186 e. The Labute approximate surface area is 85.3 Å². The van der Waals surface area contributed by atoms with E-state index in [4.69, 9.17) is 5.11 Å². The Bertz CT molecular complexity index is 274. The molecule has 14 heavy (non-hydrogen) atoms. The molecule has 1 aliphatic rings. The lowest BCUT2D eigenvalue weighted by molar-refractivity contribution is -0.122. The van der Waals surface area contributed by atoms with Crippen molar-refractivity contribution in [2.45, 2.75) is 39.2 Å². The highest BCUT2D eigenvalue weighted by molar-refractivity contribution is 5.98. The number of hydrogen-bond donors (Lipinski definition) is 1. The summed E-state index contributed by atoms with van der Waals surface area (Å²) in [5.74, 6) is 0.394. The summed E-state index contributed by atoms with van der Waals surface area (Å²) in [5, 5.41) is 9.14. The van der Waals surface area contributed by atoms with Crippen LogP contribution in [0.2, 0.25) is 0 Å². The average Bonchev–Trinajstić information content (AvgIpc) is 2.16. The summed E-state index contributed by atoms with van der Waals surface area (Å²) >= 11 is 0. The van der Waals surface area contributed by atoms with Crippen molar-refractivity contribution in [3.63, 3.8) is 0 Å². The van der Waals surface area contributed by atoms with Crippen LogP contribution in [0.25, 0.3) is 0 Å². The van der Waals surface area contributed by atoms with Crippen molar-refractivity contribution in [2.24, 2.45) is 5.92 Å². The molecule has 0 unspecified atom stereocenters. The Balaban J connectivity index is 2.61. The lowest BCUT2D eigenvalue weighted by Gasteiger charge is -2.21. The van der Waals surface area contributed by atoms with Crippen molar-refractivity contribution in [1.82, 2.24) is 0 Å². The maximum atomic E-state index is 11.4. The number of carbonyl (C=O) groups excluding carboxylic acids is 1. The second-order valence-electron chi connectivity index (χ2n) is 4.09. The van der Waals surface area contributed by atoms with Gasteiger partial charge in [-0.2, -0.15) is 0 Å². The topological polar surface area (TPSA) is 37.3 Å². The van der Waals surface area contributed by atoms with Gasteiger partial charge in [0.2, 0.25) is 0 Å². The molecule has 0 saturated heterocycles. The fourth-order valence-electron chi connectivity index (χ4n) is 1.77. The molecule has 2 atom stereocenters. The molecule has 78 valence electrons. The molecular weight excluding hydrogens is 176 g/mol. The van der Waals surface area contributed by atoms with E-state index in [9.17, 15) is 4.79 Å². The Kier molecular flexibility index (Phi) is 3.64. The minimum Gasteiger partial charge on any atom is -0.385 e. The summed E-state index contributed by atoms with van der Waals surface area (Å²) in [6.07, 6.45) is 3.75. The molecule has 2 nitrogen and oxygen atoms in total. The van der Waals surface area contributed by atoms with Crippen molar-refractivity contribution in [1.29, 1.82) is 0 Å². The molecule has 1 rings (SSSR count). The first-order chi connectivity index (χ1) is 6.52. The van der Waals surface area contributed by atoms with Crippen molar-refractivity contribution in [3.05, 3.63) is 23.8 Å². The van der Waals surface area contributed by atoms with Crippen LogP contribution in [-0.2, 0) is 4.79 Å². The van der Waals surface area contributed by atoms with E-state index in [1.165, 1.54) is 12.5 Å². The van der Waals surface area contributed by atoms with Gasteiger partial charge in [-0.25, -0.2) is 0 Å². The SMILES string of the molecule is C=C(C)[C@H]1CC=C(C(=O)[C@@H](C)O)CC1. The number of aliphatic hydroxyl groups is 1. The number of rotatable bonds is 3. The van der Waals surface area contributed by atoms with E-state index in [1.54, 1.807) is 0 Å². The average molecular weight is 194 g/mol. The van der Waals surface area contributed by atoms with Gasteiger partial charge in [0.05, 0.1) is 0 Å². The third-order valence-electron chi connectivity index (χ3n) is 2.80. The number of ketones is 1. The van der Waals surface area contributed by atoms with Gasteiger partial charge < -0.3 is 5.11 Å². The Morgan fingerprint density at radius 2 is 2.36 bits per heavy atom. The lowest BCUT2D eigenvalue weighted by Crippen LogP contribution is -2.21. The van der Waals surface area contributed by atoms with E-state index >= 15 is 0 Å².